The van der Waals surface area contributed by atoms with Gasteiger partial charge in [-0.1, -0.05) is 22.0 Å². The highest BCUT2D eigenvalue weighted by atomic mass is 79.9. The van der Waals surface area contributed by atoms with Gasteiger partial charge >= 0.3 is 12.1 Å². The van der Waals surface area contributed by atoms with E-state index in [1.165, 1.54) is 12.0 Å². The molecule has 1 aliphatic carbocycles. The summed E-state index contributed by atoms with van der Waals surface area (Å²) in [4.78, 5) is 39.4. The molecule has 0 aromatic heterocycles. The number of amides is 2. The molecule has 4 rings (SSSR count). The van der Waals surface area contributed by atoms with Crippen molar-refractivity contribution in [2.45, 2.75) is 63.6 Å². The molecule has 2 aromatic rings. The molecule has 1 saturated carbocycles. The lowest BCUT2D eigenvalue weighted by molar-refractivity contribution is -0.140. The summed E-state index contributed by atoms with van der Waals surface area (Å²) in [6.45, 7) is 5.21. The molecular weight excluding hydrogens is 554 g/mol. The first-order chi connectivity index (χ1) is 18.0. The number of hydrogen-bond donors (Lipinski definition) is 2. The second kappa shape index (κ2) is 10.8. The van der Waals surface area contributed by atoms with E-state index < -0.39 is 23.1 Å². The molecule has 1 fully saturated rings. The van der Waals surface area contributed by atoms with Gasteiger partial charge in [0.15, 0.2) is 0 Å². The highest BCUT2D eigenvalue weighted by Gasteiger charge is 2.53. The Morgan fingerprint density at radius 2 is 1.92 bits per heavy atom. The summed E-state index contributed by atoms with van der Waals surface area (Å²) < 4.78 is 17.2. The maximum absolute atomic E-state index is 13.7. The lowest BCUT2D eigenvalue weighted by atomic mass is 9.69. The monoisotopic (exact) mass is 585 g/mol. The highest BCUT2D eigenvalue weighted by molar-refractivity contribution is 9.10. The summed E-state index contributed by atoms with van der Waals surface area (Å²) in [5.74, 6) is 0.0164. The smallest absolute Gasteiger partial charge is 0.412 e. The maximum atomic E-state index is 13.7. The number of hydrogen-bond acceptors (Lipinski definition) is 7. The van der Waals surface area contributed by atoms with Crippen LogP contribution in [-0.4, -0.2) is 49.5 Å². The largest absolute Gasteiger partial charge is 0.490 e. The van der Waals surface area contributed by atoms with E-state index in [-0.39, 0.29) is 18.6 Å². The minimum atomic E-state index is -0.732. The SMILES string of the molecule is COC(=O)CN1C(=O)C2(CCC(Oc3ccc(NC(=O)OC(C)(C)C)c(C=N)c3)CC2)c2c(Br)cccc21. The second-order valence-electron chi connectivity index (χ2n) is 10.5. The Kier molecular flexibility index (Phi) is 7.83. The molecule has 1 aliphatic heterocycles. The predicted octanol–water partition coefficient (Wildman–Crippen LogP) is 5.57. The molecule has 2 aromatic carbocycles. The van der Waals surface area contributed by atoms with Gasteiger partial charge in [-0.2, -0.15) is 0 Å². The number of nitrogens with zero attached hydrogens (tertiary/aromatic N) is 1. The van der Waals surface area contributed by atoms with Crippen molar-refractivity contribution in [1.29, 1.82) is 5.41 Å². The molecule has 202 valence electrons. The number of esters is 1. The number of carbonyl (C=O) groups excluding carboxylic acids is 3. The summed E-state index contributed by atoms with van der Waals surface area (Å²) in [7, 11) is 1.31. The Hall–Kier alpha value is -3.40. The number of carbonyl (C=O) groups is 3. The molecule has 2 amide bonds. The Morgan fingerprint density at radius 3 is 2.55 bits per heavy atom. The van der Waals surface area contributed by atoms with Crippen LogP contribution in [0.2, 0.25) is 0 Å². The fraction of sp³-hybridized carbons (Fsp3) is 0.429. The second-order valence-corrected chi connectivity index (χ2v) is 11.4. The van der Waals surface area contributed by atoms with Gasteiger partial charge < -0.3 is 24.5 Å². The zero-order chi connectivity index (χ0) is 27.7. The van der Waals surface area contributed by atoms with Crippen LogP contribution in [0.3, 0.4) is 0 Å². The first-order valence-electron chi connectivity index (χ1n) is 12.5. The van der Waals surface area contributed by atoms with E-state index in [9.17, 15) is 14.4 Å². The average molecular weight is 586 g/mol. The molecule has 0 radical (unpaired) electrons. The van der Waals surface area contributed by atoms with Gasteiger partial charge in [0.1, 0.15) is 17.9 Å². The van der Waals surface area contributed by atoms with Gasteiger partial charge in [0, 0.05) is 27.5 Å². The summed E-state index contributed by atoms with van der Waals surface area (Å²) in [5.41, 5.74) is 1.22. The normalized spacial score (nSPS) is 20.6. The van der Waals surface area contributed by atoms with Crippen molar-refractivity contribution in [3.05, 3.63) is 52.0 Å². The molecule has 9 nitrogen and oxygen atoms in total. The Balaban J connectivity index is 1.47. The van der Waals surface area contributed by atoms with Crippen LogP contribution in [-0.2, 0) is 24.5 Å². The number of benzene rings is 2. The van der Waals surface area contributed by atoms with E-state index in [0.29, 0.717) is 42.7 Å². The fourth-order valence-corrected chi connectivity index (χ4v) is 5.89. The van der Waals surface area contributed by atoms with Crippen molar-refractivity contribution in [1.82, 2.24) is 0 Å². The maximum Gasteiger partial charge on any atom is 0.412 e. The van der Waals surface area contributed by atoms with Crippen LogP contribution in [0.15, 0.2) is 40.9 Å². The minimum absolute atomic E-state index is 0.0908. The molecule has 1 heterocycles. The van der Waals surface area contributed by atoms with Gasteiger partial charge in [-0.25, -0.2) is 4.79 Å². The topological polar surface area (TPSA) is 118 Å². The third-order valence-electron chi connectivity index (χ3n) is 6.83. The molecule has 1 spiro atoms. The number of halogens is 1. The van der Waals surface area contributed by atoms with Crippen LogP contribution in [0.25, 0.3) is 0 Å². The van der Waals surface area contributed by atoms with Crippen molar-refractivity contribution in [3.8, 4) is 5.75 Å². The van der Waals surface area contributed by atoms with Crippen molar-refractivity contribution in [3.63, 3.8) is 0 Å². The minimum Gasteiger partial charge on any atom is -0.490 e. The van der Waals surface area contributed by atoms with Crippen LogP contribution in [0, 0.1) is 5.41 Å². The molecule has 38 heavy (non-hydrogen) atoms. The predicted molar refractivity (Wildman–Crippen MR) is 147 cm³/mol. The fourth-order valence-electron chi connectivity index (χ4n) is 5.16. The number of anilines is 2. The number of rotatable bonds is 6. The summed E-state index contributed by atoms with van der Waals surface area (Å²) in [6, 6.07) is 10.8. The zero-order valence-electron chi connectivity index (χ0n) is 21.9. The lowest BCUT2D eigenvalue weighted by Gasteiger charge is -2.36. The van der Waals surface area contributed by atoms with Gasteiger partial charge in [0.2, 0.25) is 5.91 Å². The van der Waals surface area contributed by atoms with Gasteiger partial charge in [0.05, 0.1) is 24.3 Å². The third kappa shape index (κ3) is 5.55. The van der Waals surface area contributed by atoms with Gasteiger partial charge in [-0.3, -0.25) is 14.9 Å². The number of nitrogens with one attached hydrogen (secondary N) is 2. The van der Waals surface area contributed by atoms with Crippen LogP contribution in [0.4, 0.5) is 16.2 Å². The van der Waals surface area contributed by atoms with Crippen molar-refractivity contribution in [2.24, 2.45) is 0 Å². The number of methoxy groups -OCH3 is 1. The van der Waals surface area contributed by atoms with Gasteiger partial charge in [-0.05, 0) is 76.8 Å². The summed E-state index contributed by atoms with van der Waals surface area (Å²) >= 11 is 3.63. The molecule has 10 heteroatoms. The molecule has 0 atom stereocenters. The van der Waals surface area contributed by atoms with Crippen LogP contribution >= 0.6 is 15.9 Å². The molecule has 2 aliphatic rings. The van der Waals surface area contributed by atoms with Crippen LogP contribution in [0.5, 0.6) is 5.75 Å². The van der Waals surface area contributed by atoms with Crippen molar-refractivity contribution in [2.75, 3.05) is 23.9 Å². The van der Waals surface area contributed by atoms with Crippen LogP contribution in [0.1, 0.15) is 57.6 Å². The quantitative estimate of drug-likeness (QED) is 0.338. The number of fused-ring (bicyclic) bond motifs is 2. The Labute approximate surface area is 230 Å². The summed E-state index contributed by atoms with van der Waals surface area (Å²) in [5, 5.41) is 10.5. The van der Waals surface area contributed by atoms with E-state index in [2.05, 4.69) is 21.2 Å². The molecule has 0 unspecified atom stereocenters. The van der Waals surface area contributed by atoms with Gasteiger partial charge in [-0.15, -0.1) is 0 Å². The van der Waals surface area contributed by atoms with Crippen LogP contribution < -0.4 is 15.0 Å². The standard InChI is InChI=1S/C28H32BrN3O6/c1-27(2,3)38-26(35)31-21-9-8-19(14-17(21)15-30)37-18-10-12-28(13-11-18)24-20(29)6-5-7-22(24)32(25(28)34)16-23(33)36-4/h5-9,14-15,18,30H,10-13,16H2,1-4H3,(H,31,35). The van der Waals surface area contributed by atoms with Crippen molar-refractivity contribution >= 4 is 51.5 Å². The molecular formula is C28H32BrN3O6. The highest BCUT2D eigenvalue weighted by Crippen LogP contribution is 2.53. The molecule has 2 N–H and O–H groups in total. The van der Waals surface area contributed by atoms with E-state index in [1.807, 2.05) is 18.2 Å². The third-order valence-corrected chi connectivity index (χ3v) is 7.49. The van der Waals surface area contributed by atoms with E-state index >= 15 is 0 Å². The molecule has 0 bridgehead atoms. The first-order valence-corrected chi connectivity index (χ1v) is 13.3. The average Bonchev–Trinajstić information content (AvgIpc) is 3.08. The first kappa shape index (κ1) is 27.6. The zero-order valence-corrected chi connectivity index (χ0v) is 23.5. The summed E-state index contributed by atoms with van der Waals surface area (Å²) in [6.07, 6.45) is 2.83. The Bertz CT molecular complexity index is 1260. The van der Waals surface area contributed by atoms with E-state index in [4.69, 9.17) is 19.6 Å². The Morgan fingerprint density at radius 1 is 1.21 bits per heavy atom. The van der Waals surface area contributed by atoms with Gasteiger partial charge in [0.25, 0.3) is 0 Å². The van der Waals surface area contributed by atoms with Crippen molar-refractivity contribution < 1.29 is 28.6 Å². The lowest BCUT2D eigenvalue weighted by Crippen LogP contribution is -2.46. The van der Waals surface area contributed by atoms with E-state index in [1.54, 1.807) is 39.0 Å². The number of ether oxygens (including phenoxy) is 3. The van der Waals surface area contributed by atoms with E-state index in [0.717, 1.165) is 21.9 Å². The molecule has 0 saturated heterocycles.